The van der Waals surface area contributed by atoms with Gasteiger partial charge in [0.05, 0.1) is 23.8 Å². The van der Waals surface area contributed by atoms with Gasteiger partial charge in [-0.2, -0.15) is 0 Å². The van der Waals surface area contributed by atoms with Crippen molar-refractivity contribution in [1.82, 2.24) is 15.0 Å². The zero-order valence-electron chi connectivity index (χ0n) is 11.8. The SMILES string of the molecule is COc1ccc(-c2nc(CNc3ncc(Br)cn3)cs2)cc1. The first kappa shape index (κ1) is 14.9. The molecule has 3 aromatic rings. The third-order valence-corrected chi connectivity index (χ3v) is 4.29. The molecule has 0 spiro atoms. The van der Waals surface area contributed by atoms with Crippen molar-refractivity contribution in [2.75, 3.05) is 12.4 Å². The number of anilines is 1. The summed E-state index contributed by atoms with van der Waals surface area (Å²) in [7, 11) is 1.66. The molecule has 0 saturated heterocycles. The fraction of sp³-hybridized carbons (Fsp3) is 0.133. The van der Waals surface area contributed by atoms with Gasteiger partial charge in [-0.1, -0.05) is 0 Å². The van der Waals surface area contributed by atoms with Crippen LogP contribution in [-0.4, -0.2) is 22.1 Å². The predicted octanol–water partition coefficient (Wildman–Crippen LogP) is 3.98. The van der Waals surface area contributed by atoms with Gasteiger partial charge in [-0.05, 0) is 40.2 Å². The van der Waals surface area contributed by atoms with Crippen LogP contribution >= 0.6 is 27.3 Å². The van der Waals surface area contributed by atoms with Crippen LogP contribution < -0.4 is 10.1 Å². The Bertz CT molecular complexity index is 743. The Morgan fingerprint density at radius 2 is 1.91 bits per heavy atom. The van der Waals surface area contributed by atoms with Crippen molar-refractivity contribution in [1.29, 1.82) is 0 Å². The van der Waals surface area contributed by atoms with Gasteiger partial charge >= 0.3 is 0 Å². The summed E-state index contributed by atoms with van der Waals surface area (Å²) >= 11 is 4.92. The summed E-state index contributed by atoms with van der Waals surface area (Å²) < 4.78 is 6.02. The number of halogens is 1. The molecule has 2 aromatic heterocycles. The van der Waals surface area contributed by atoms with Gasteiger partial charge in [-0.25, -0.2) is 15.0 Å². The van der Waals surface area contributed by atoms with E-state index in [2.05, 4.69) is 36.2 Å². The highest BCUT2D eigenvalue weighted by atomic mass is 79.9. The number of thiazole rings is 1. The summed E-state index contributed by atoms with van der Waals surface area (Å²) in [6.07, 6.45) is 3.42. The summed E-state index contributed by atoms with van der Waals surface area (Å²) in [5.41, 5.74) is 2.04. The third-order valence-electron chi connectivity index (χ3n) is 2.94. The number of ether oxygens (including phenoxy) is 1. The van der Waals surface area contributed by atoms with Crippen molar-refractivity contribution in [3.8, 4) is 16.3 Å². The lowest BCUT2D eigenvalue weighted by molar-refractivity contribution is 0.415. The molecule has 0 bridgehead atoms. The van der Waals surface area contributed by atoms with Crippen molar-refractivity contribution < 1.29 is 4.74 Å². The molecule has 0 radical (unpaired) electrons. The van der Waals surface area contributed by atoms with E-state index in [0.29, 0.717) is 12.5 Å². The van der Waals surface area contributed by atoms with Crippen LogP contribution in [0.5, 0.6) is 5.75 Å². The maximum absolute atomic E-state index is 5.16. The van der Waals surface area contributed by atoms with E-state index in [-0.39, 0.29) is 0 Å². The lowest BCUT2D eigenvalue weighted by Crippen LogP contribution is -2.03. The third kappa shape index (κ3) is 3.61. The molecule has 2 heterocycles. The number of hydrogen-bond acceptors (Lipinski definition) is 6. The lowest BCUT2D eigenvalue weighted by Gasteiger charge is -2.02. The molecule has 1 N–H and O–H groups in total. The van der Waals surface area contributed by atoms with Gasteiger partial charge in [-0.15, -0.1) is 11.3 Å². The Balaban J connectivity index is 1.66. The Labute approximate surface area is 140 Å². The first-order valence-electron chi connectivity index (χ1n) is 6.55. The normalized spacial score (nSPS) is 10.5. The molecule has 5 nitrogen and oxygen atoms in total. The predicted molar refractivity (Wildman–Crippen MR) is 91.2 cm³/mol. The highest BCUT2D eigenvalue weighted by molar-refractivity contribution is 9.10. The molecule has 0 aliphatic rings. The minimum absolute atomic E-state index is 0.585. The number of hydrogen-bond donors (Lipinski definition) is 1. The maximum Gasteiger partial charge on any atom is 0.222 e. The molecule has 0 atom stereocenters. The Morgan fingerprint density at radius 3 is 2.59 bits per heavy atom. The van der Waals surface area contributed by atoms with E-state index >= 15 is 0 Å². The highest BCUT2D eigenvalue weighted by Crippen LogP contribution is 2.25. The molecule has 7 heteroatoms. The number of methoxy groups -OCH3 is 1. The second-order valence-electron chi connectivity index (χ2n) is 4.45. The number of nitrogens with one attached hydrogen (secondary N) is 1. The second kappa shape index (κ2) is 6.85. The molecule has 0 unspecified atom stereocenters. The number of benzene rings is 1. The van der Waals surface area contributed by atoms with Crippen LogP contribution in [0.4, 0.5) is 5.95 Å². The molecule has 0 saturated carbocycles. The van der Waals surface area contributed by atoms with Crippen LogP contribution in [0.3, 0.4) is 0 Å². The van der Waals surface area contributed by atoms with E-state index in [1.807, 2.05) is 29.6 Å². The van der Waals surface area contributed by atoms with Crippen LogP contribution in [0.25, 0.3) is 10.6 Å². The molecular weight excluding hydrogens is 364 g/mol. The molecular formula is C15H13BrN4OS. The molecule has 112 valence electrons. The summed E-state index contributed by atoms with van der Waals surface area (Å²) in [6.45, 7) is 0.592. The van der Waals surface area contributed by atoms with Gasteiger partial charge in [-0.3, -0.25) is 0 Å². The Kier molecular flexibility index (Phi) is 4.65. The average Bonchev–Trinajstić information content (AvgIpc) is 3.03. The van der Waals surface area contributed by atoms with E-state index in [1.165, 1.54) is 0 Å². The monoisotopic (exact) mass is 376 g/mol. The summed E-state index contributed by atoms with van der Waals surface area (Å²) in [4.78, 5) is 13.0. The van der Waals surface area contributed by atoms with E-state index in [1.54, 1.807) is 30.8 Å². The first-order valence-corrected chi connectivity index (χ1v) is 8.22. The zero-order valence-corrected chi connectivity index (χ0v) is 14.2. The average molecular weight is 377 g/mol. The Hall–Kier alpha value is -1.99. The molecule has 3 rings (SSSR count). The largest absolute Gasteiger partial charge is 0.497 e. The van der Waals surface area contributed by atoms with E-state index < -0.39 is 0 Å². The van der Waals surface area contributed by atoms with Crippen LogP contribution in [-0.2, 0) is 6.54 Å². The van der Waals surface area contributed by atoms with Crippen molar-refractivity contribution in [2.24, 2.45) is 0 Å². The van der Waals surface area contributed by atoms with E-state index in [4.69, 9.17) is 4.74 Å². The van der Waals surface area contributed by atoms with Crippen molar-refractivity contribution in [2.45, 2.75) is 6.54 Å². The fourth-order valence-corrected chi connectivity index (χ4v) is 2.86. The minimum Gasteiger partial charge on any atom is -0.497 e. The van der Waals surface area contributed by atoms with Crippen molar-refractivity contribution >= 4 is 33.2 Å². The molecule has 0 amide bonds. The van der Waals surface area contributed by atoms with Crippen LogP contribution in [0.1, 0.15) is 5.69 Å². The van der Waals surface area contributed by atoms with Gasteiger partial charge in [0.15, 0.2) is 0 Å². The quantitative estimate of drug-likeness (QED) is 0.729. The lowest BCUT2D eigenvalue weighted by atomic mass is 10.2. The van der Waals surface area contributed by atoms with Crippen LogP contribution in [0.2, 0.25) is 0 Å². The van der Waals surface area contributed by atoms with Crippen molar-refractivity contribution in [3.63, 3.8) is 0 Å². The standard InChI is InChI=1S/C15H13BrN4OS/c1-21-13-4-2-10(3-5-13)14-20-12(9-22-14)8-19-15-17-6-11(16)7-18-15/h2-7,9H,8H2,1H3,(H,17,18,19). The maximum atomic E-state index is 5.16. The van der Waals surface area contributed by atoms with Gasteiger partial charge in [0.25, 0.3) is 0 Å². The molecule has 1 aromatic carbocycles. The molecule has 0 fully saturated rings. The molecule has 0 aliphatic carbocycles. The van der Waals surface area contributed by atoms with Crippen LogP contribution in [0.15, 0.2) is 46.5 Å². The molecule has 22 heavy (non-hydrogen) atoms. The van der Waals surface area contributed by atoms with Crippen molar-refractivity contribution in [3.05, 3.63) is 52.2 Å². The highest BCUT2D eigenvalue weighted by Gasteiger charge is 2.05. The summed E-state index contributed by atoms with van der Waals surface area (Å²) in [5, 5.41) is 6.17. The number of rotatable bonds is 5. The van der Waals surface area contributed by atoms with Gasteiger partial charge in [0.2, 0.25) is 5.95 Å². The first-order chi connectivity index (χ1) is 10.7. The zero-order chi connectivity index (χ0) is 15.4. The summed E-state index contributed by atoms with van der Waals surface area (Å²) in [5.74, 6) is 1.43. The molecule has 0 aliphatic heterocycles. The number of nitrogens with zero attached hydrogens (tertiary/aromatic N) is 3. The summed E-state index contributed by atoms with van der Waals surface area (Å²) in [6, 6.07) is 7.88. The van der Waals surface area contributed by atoms with Crippen LogP contribution in [0, 0.1) is 0 Å². The number of aromatic nitrogens is 3. The van der Waals surface area contributed by atoms with Gasteiger partial charge in [0.1, 0.15) is 10.8 Å². The second-order valence-corrected chi connectivity index (χ2v) is 6.22. The topological polar surface area (TPSA) is 59.9 Å². The minimum atomic E-state index is 0.585. The Morgan fingerprint density at radius 1 is 1.18 bits per heavy atom. The fourth-order valence-electron chi connectivity index (χ4n) is 1.83. The smallest absolute Gasteiger partial charge is 0.222 e. The van der Waals surface area contributed by atoms with E-state index in [0.717, 1.165) is 26.5 Å². The van der Waals surface area contributed by atoms with Gasteiger partial charge in [0, 0.05) is 23.3 Å². The van der Waals surface area contributed by atoms with Gasteiger partial charge < -0.3 is 10.1 Å². The van der Waals surface area contributed by atoms with E-state index in [9.17, 15) is 0 Å².